The molecule has 28 heavy (non-hydrogen) atoms. The first-order valence-corrected chi connectivity index (χ1v) is 8.19. The topological polar surface area (TPSA) is 161 Å². The highest BCUT2D eigenvalue weighted by Crippen LogP contribution is 2.35. The molecule has 1 aromatic carbocycles. The van der Waals surface area contributed by atoms with Gasteiger partial charge in [0.2, 0.25) is 0 Å². The lowest BCUT2D eigenvalue weighted by Gasteiger charge is -2.10. The number of anilines is 1. The van der Waals surface area contributed by atoms with Crippen LogP contribution < -0.4 is 11.5 Å². The average Bonchev–Trinajstić information content (AvgIpc) is 3.12. The largest absolute Gasteiger partial charge is 0.508 e. The van der Waals surface area contributed by atoms with E-state index in [1.165, 1.54) is 36.7 Å². The van der Waals surface area contributed by atoms with Crippen LogP contribution in [0, 0.1) is 0 Å². The van der Waals surface area contributed by atoms with Gasteiger partial charge >= 0.3 is 0 Å². The summed E-state index contributed by atoms with van der Waals surface area (Å²) >= 11 is 0. The first-order chi connectivity index (χ1) is 13.5. The predicted molar refractivity (Wildman–Crippen MR) is 102 cm³/mol. The Bertz CT molecular complexity index is 1230. The number of primary amides is 1. The van der Waals surface area contributed by atoms with Crippen molar-refractivity contribution < 1.29 is 14.7 Å². The number of phenolic OH excluding ortho intramolecular Hbond substituents is 1. The lowest BCUT2D eigenvalue weighted by atomic mass is 9.95. The van der Waals surface area contributed by atoms with Crippen LogP contribution in [0.1, 0.15) is 26.4 Å². The second kappa shape index (κ2) is 6.47. The van der Waals surface area contributed by atoms with Crippen molar-refractivity contribution in [2.45, 2.75) is 0 Å². The SMILES string of the molecule is NC(=O)c1nnc2[nH]cc(C(=O)c3ccc(O)cc3)c2c1-c1cccnc1N. The van der Waals surface area contributed by atoms with E-state index in [9.17, 15) is 14.7 Å². The molecule has 6 N–H and O–H groups in total. The van der Waals surface area contributed by atoms with E-state index in [2.05, 4.69) is 20.2 Å². The molecule has 0 spiro atoms. The number of aromatic nitrogens is 4. The van der Waals surface area contributed by atoms with E-state index in [4.69, 9.17) is 11.5 Å². The summed E-state index contributed by atoms with van der Waals surface area (Å²) in [5, 5.41) is 17.7. The third kappa shape index (κ3) is 2.71. The number of nitrogen functional groups attached to an aromatic ring is 1. The van der Waals surface area contributed by atoms with Crippen LogP contribution >= 0.6 is 0 Å². The molecular formula is C19H14N6O3. The minimum Gasteiger partial charge on any atom is -0.508 e. The van der Waals surface area contributed by atoms with E-state index >= 15 is 0 Å². The molecule has 9 nitrogen and oxygen atoms in total. The molecule has 1 amide bonds. The Labute approximate surface area is 158 Å². The van der Waals surface area contributed by atoms with Gasteiger partial charge in [-0.3, -0.25) is 9.59 Å². The van der Waals surface area contributed by atoms with Crippen molar-refractivity contribution in [2.75, 3.05) is 5.73 Å². The molecule has 0 atom stereocenters. The van der Waals surface area contributed by atoms with E-state index < -0.39 is 5.91 Å². The Kier molecular flexibility index (Phi) is 3.96. The number of carbonyl (C=O) groups is 2. The zero-order valence-electron chi connectivity index (χ0n) is 14.4. The Morgan fingerprint density at radius 2 is 1.82 bits per heavy atom. The number of hydrogen-bond donors (Lipinski definition) is 4. The summed E-state index contributed by atoms with van der Waals surface area (Å²) in [5.74, 6) is -0.944. The maximum Gasteiger partial charge on any atom is 0.269 e. The minimum atomic E-state index is -0.808. The summed E-state index contributed by atoms with van der Waals surface area (Å²) in [5.41, 5.74) is 13.0. The van der Waals surface area contributed by atoms with Crippen LogP contribution in [-0.2, 0) is 0 Å². The highest BCUT2D eigenvalue weighted by atomic mass is 16.3. The van der Waals surface area contributed by atoms with Crippen LogP contribution in [0.5, 0.6) is 5.75 Å². The molecule has 0 saturated carbocycles. The molecule has 0 unspecified atom stereocenters. The fourth-order valence-corrected chi connectivity index (χ4v) is 3.02. The molecule has 0 aliphatic carbocycles. The number of benzene rings is 1. The Balaban J connectivity index is 2.04. The van der Waals surface area contributed by atoms with Crippen molar-refractivity contribution in [3.8, 4) is 16.9 Å². The number of fused-ring (bicyclic) bond motifs is 1. The van der Waals surface area contributed by atoms with E-state index in [1.54, 1.807) is 12.1 Å². The van der Waals surface area contributed by atoms with Crippen molar-refractivity contribution in [1.82, 2.24) is 20.2 Å². The van der Waals surface area contributed by atoms with Crippen LogP contribution in [-0.4, -0.2) is 37.0 Å². The third-order valence-electron chi connectivity index (χ3n) is 4.31. The molecule has 0 saturated heterocycles. The van der Waals surface area contributed by atoms with Crippen molar-refractivity contribution in [1.29, 1.82) is 0 Å². The highest BCUT2D eigenvalue weighted by molar-refractivity contribution is 6.20. The van der Waals surface area contributed by atoms with Gasteiger partial charge in [-0.15, -0.1) is 10.2 Å². The number of ketones is 1. The second-order valence-electron chi connectivity index (χ2n) is 6.03. The molecular weight excluding hydrogens is 360 g/mol. The maximum absolute atomic E-state index is 13.1. The molecule has 3 aromatic heterocycles. The van der Waals surface area contributed by atoms with Crippen LogP contribution in [0.25, 0.3) is 22.2 Å². The number of amides is 1. The highest BCUT2D eigenvalue weighted by Gasteiger charge is 2.25. The van der Waals surface area contributed by atoms with E-state index in [0.717, 1.165) is 0 Å². The minimum absolute atomic E-state index is 0.0428. The quantitative estimate of drug-likeness (QED) is 0.395. The number of carbonyl (C=O) groups excluding carboxylic acids is 2. The number of pyridine rings is 1. The number of aromatic amines is 1. The molecule has 0 aliphatic rings. The Hall–Kier alpha value is -4.27. The van der Waals surface area contributed by atoms with Crippen LogP contribution in [0.2, 0.25) is 0 Å². The standard InChI is InChI=1S/C19H14N6O3/c20-17-11(2-1-7-22-17)13-14-12(16(27)9-3-5-10(26)6-4-9)8-23-19(14)25-24-15(13)18(21)28/h1-8,26H,(H2,20,22)(H2,21,28)(H,23,25). The number of nitrogens with zero attached hydrogens (tertiary/aromatic N) is 3. The number of phenols is 1. The lowest BCUT2D eigenvalue weighted by molar-refractivity contribution is 0.0993. The van der Waals surface area contributed by atoms with Crippen LogP contribution in [0.4, 0.5) is 5.82 Å². The van der Waals surface area contributed by atoms with Crippen molar-refractivity contribution in [3.05, 3.63) is 65.6 Å². The molecule has 3 heterocycles. The average molecular weight is 374 g/mol. The van der Waals surface area contributed by atoms with Gasteiger partial charge < -0.3 is 21.6 Å². The summed E-state index contributed by atoms with van der Waals surface area (Å²) in [7, 11) is 0. The summed E-state index contributed by atoms with van der Waals surface area (Å²) < 4.78 is 0. The fraction of sp³-hybridized carbons (Fsp3) is 0. The molecule has 0 radical (unpaired) electrons. The van der Waals surface area contributed by atoms with Crippen LogP contribution in [0.3, 0.4) is 0 Å². The normalized spacial score (nSPS) is 10.9. The van der Waals surface area contributed by atoms with Gasteiger partial charge in [-0.2, -0.15) is 0 Å². The second-order valence-corrected chi connectivity index (χ2v) is 6.03. The summed E-state index contributed by atoms with van der Waals surface area (Å²) in [6, 6.07) is 9.13. The molecule has 4 rings (SSSR count). The lowest BCUT2D eigenvalue weighted by Crippen LogP contribution is -2.16. The fourth-order valence-electron chi connectivity index (χ4n) is 3.02. The number of nitrogens with two attached hydrogens (primary N) is 2. The number of hydrogen-bond acceptors (Lipinski definition) is 7. The zero-order chi connectivity index (χ0) is 19.8. The van der Waals surface area contributed by atoms with Gasteiger partial charge in [-0.25, -0.2) is 4.98 Å². The monoisotopic (exact) mass is 374 g/mol. The maximum atomic E-state index is 13.1. The summed E-state index contributed by atoms with van der Waals surface area (Å²) in [6.45, 7) is 0. The number of aromatic hydroxyl groups is 1. The Morgan fingerprint density at radius 1 is 1.07 bits per heavy atom. The summed E-state index contributed by atoms with van der Waals surface area (Å²) in [6.07, 6.45) is 2.99. The molecule has 138 valence electrons. The van der Waals surface area contributed by atoms with Crippen molar-refractivity contribution in [3.63, 3.8) is 0 Å². The van der Waals surface area contributed by atoms with Crippen molar-refractivity contribution in [2.24, 2.45) is 5.73 Å². The number of H-pyrrole nitrogens is 1. The molecule has 0 bridgehead atoms. The van der Waals surface area contributed by atoms with E-state index in [-0.39, 0.29) is 34.2 Å². The third-order valence-corrected chi connectivity index (χ3v) is 4.31. The predicted octanol–water partition coefficient (Wildman–Crippen LogP) is 1.64. The van der Waals surface area contributed by atoms with Gasteiger partial charge in [0.05, 0.1) is 5.56 Å². The molecule has 0 fully saturated rings. The molecule has 9 heteroatoms. The van der Waals surface area contributed by atoms with Gasteiger partial charge in [0.1, 0.15) is 11.6 Å². The number of nitrogens with one attached hydrogen (secondary N) is 1. The van der Waals surface area contributed by atoms with E-state index in [0.29, 0.717) is 22.2 Å². The first kappa shape index (κ1) is 17.2. The van der Waals surface area contributed by atoms with Gasteiger partial charge in [0, 0.05) is 34.5 Å². The first-order valence-electron chi connectivity index (χ1n) is 8.19. The van der Waals surface area contributed by atoms with E-state index in [1.807, 2.05) is 0 Å². The van der Waals surface area contributed by atoms with Gasteiger partial charge in [-0.05, 0) is 36.4 Å². The molecule has 0 aliphatic heterocycles. The Morgan fingerprint density at radius 3 is 2.50 bits per heavy atom. The van der Waals surface area contributed by atoms with Gasteiger partial charge in [0.15, 0.2) is 17.1 Å². The van der Waals surface area contributed by atoms with Gasteiger partial charge in [0.25, 0.3) is 5.91 Å². The smallest absolute Gasteiger partial charge is 0.269 e. The van der Waals surface area contributed by atoms with Crippen LogP contribution in [0.15, 0.2) is 48.8 Å². The number of rotatable bonds is 4. The summed E-state index contributed by atoms with van der Waals surface area (Å²) in [4.78, 5) is 32.0. The zero-order valence-corrected chi connectivity index (χ0v) is 14.4. The van der Waals surface area contributed by atoms with Gasteiger partial charge in [-0.1, -0.05) is 0 Å². The van der Waals surface area contributed by atoms with Crippen molar-refractivity contribution >= 4 is 28.5 Å². The molecule has 4 aromatic rings.